The minimum Gasteiger partial charge on any atom is -0.212 e. The Balaban J connectivity index is 2.85. The van der Waals surface area contributed by atoms with Gasteiger partial charge in [0.05, 0.1) is 5.25 Å². The third-order valence-corrected chi connectivity index (χ3v) is 5.34. The molecular formula is C10H21NO2S. The molecule has 0 aliphatic carbocycles. The van der Waals surface area contributed by atoms with E-state index in [2.05, 4.69) is 6.92 Å². The maximum Gasteiger partial charge on any atom is 0.216 e. The van der Waals surface area contributed by atoms with Crippen molar-refractivity contribution in [2.75, 3.05) is 6.54 Å². The van der Waals surface area contributed by atoms with Crippen LogP contribution >= 0.6 is 0 Å². The van der Waals surface area contributed by atoms with Crippen molar-refractivity contribution in [3.8, 4) is 0 Å². The first-order valence-corrected chi connectivity index (χ1v) is 6.86. The van der Waals surface area contributed by atoms with E-state index in [9.17, 15) is 8.42 Å². The van der Waals surface area contributed by atoms with Gasteiger partial charge in [-0.05, 0) is 39.5 Å². The Morgan fingerprint density at radius 3 is 2.29 bits per heavy atom. The van der Waals surface area contributed by atoms with Crippen LogP contribution in [0.15, 0.2) is 0 Å². The summed E-state index contributed by atoms with van der Waals surface area (Å²) in [6.45, 7) is 8.32. The summed E-state index contributed by atoms with van der Waals surface area (Å²) in [7, 11) is -3.05. The van der Waals surface area contributed by atoms with Gasteiger partial charge in [0.25, 0.3) is 0 Å². The SMILES string of the molecule is CC1CCC(C)N(S(=O)(=O)C(C)C)C1. The molecule has 2 unspecified atom stereocenters. The molecule has 2 atom stereocenters. The summed E-state index contributed by atoms with van der Waals surface area (Å²) in [5.74, 6) is 0.500. The molecule has 1 rings (SSSR count). The summed E-state index contributed by atoms with van der Waals surface area (Å²) in [5.41, 5.74) is 0. The van der Waals surface area contributed by atoms with E-state index in [0.717, 1.165) is 12.8 Å². The quantitative estimate of drug-likeness (QED) is 0.710. The summed E-state index contributed by atoms with van der Waals surface area (Å²) in [5, 5.41) is -0.296. The lowest BCUT2D eigenvalue weighted by Gasteiger charge is -2.36. The predicted octanol–water partition coefficient (Wildman–Crippen LogP) is 1.84. The summed E-state index contributed by atoms with van der Waals surface area (Å²) in [4.78, 5) is 0. The van der Waals surface area contributed by atoms with E-state index in [1.807, 2.05) is 6.92 Å². The molecule has 0 saturated carbocycles. The number of nitrogens with zero attached hydrogens (tertiary/aromatic N) is 1. The Morgan fingerprint density at radius 1 is 1.21 bits per heavy atom. The first-order valence-electron chi connectivity index (χ1n) is 5.36. The topological polar surface area (TPSA) is 37.4 Å². The average Bonchev–Trinajstić information content (AvgIpc) is 2.08. The molecule has 3 nitrogen and oxygen atoms in total. The molecule has 0 radical (unpaired) electrons. The molecule has 84 valence electrons. The summed E-state index contributed by atoms with van der Waals surface area (Å²) in [6.07, 6.45) is 2.14. The van der Waals surface area contributed by atoms with Gasteiger partial charge in [0, 0.05) is 12.6 Å². The Bertz CT molecular complexity index is 284. The van der Waals surface area contributed by atoms with E-state index in [0.29, 0.717) is 12.5 Å². The molecule has 4 heteroatoms. The van der Waals surface area contributed by atoms with Gasteiger partial charge in [-0.25, -0.2) is 8.42 Å². The van der Waals surface area contributed by atoms with Gasteiger partial charge in [0.2, 0.25) is 10.0 Å². The van der Waals surface area contributed by atoms with Crippen molar-refractivity contribution in [1.29, 1.82) is 0 Å². The van der Waals surface area contributed by atoms with E-state index >= 15 is 0 Å². The lowest BCUT2D eigenvalue weighted by atomic mass is 9.97. The van der Waals surface area contributed by atoms with Crippen molar-refractivity contribution in [3.05, 3.63) is 0 Å². The highest BCUT2D eigenvalue weighted by atomic mass is 32.2. The highest BCUT2D eigenvalue weighted by Gasteiger charge is 2.33. The average molecular weight is 219 g/mol. The smallest absolute Gasteiger partial charge is 0.212 e. The molecule has 0 N–H and O–H groups in total. The van der Waals surface area contributed by atoms with Crippen molar-refractivity contribution < 1.29 is 8.42 Å². The van der Waals surface area contributed by atoms with Crippen LogP contribution in [0.25, 0.3) is 0 Å². The zero-order valence-electron chi connectivity index (χ0n) is 9.53. The number of rotatable bonds is 2. The van der Waals surface area contributed by atoms with E-state index in [4.69, 9.17) is 0 Å². The molecule has 0 aromatic rings. The Hall–Kier alpha value is -0.0900. The first-order chi connectivity index (χ1) is 6.35. The van der Waals surface area contributed by atoms with Crippen molar-refractivity contribution >= 4 is 10.0 Å². The van der Waals surface area contributed by atoms with E-state index in [1.54, 1.807) is 18.2 Å². The second kappa shape index (κ2) is 4.19. The maximum atomic E-state index is 12.0. The van der Waals surface area contributed by atoms with Crippen LogP contribution in [0.1, 0.15) is 40.5 Å². The van der Waals surface area contributed by atoms with Crippen LogP contribution in [0.5, 0.6) is 0 Å². The van der Waals surface area contributed by atoms with Crippen LogP contribution in [-0.4, -0.2) is 30.6 Å². The molecule has 14 heavy (non-hydrogen) atoms. The normalized spacial score (nSPS) is 30.9. The van der Waals surface area contributed by atoms with E-state index in [1.165, 1.54) is 0 Å². The lowest BCUT2D eigenvalue weighted by molar-refractivity contribution is 0.216. The Kier molecular flexibility index (Phi) is 3.58. The summed E-state index contributed by atoms with van der Waals surface area (Å²) in [6, 6.07) is 0.179. The van der Waals surface area contributed by atoms with Gasteiger partial charge in [-0.2, -0.15) is 4.31 Å². The van der Waals surface area contributed by atoms with Crippen LogP contribution in [0.2, 0.25) is 0 Å². The van der Waals surface area contributed by atoms with Crippen LogP contribution in [0.4, 0.5) is 0 Å². The van der Waals surface area contributed by atoms with Gasteiger partial charge < -0.3 is 0 Å². The fourth-order valence-corrected chi connectivity index (χ4v) is 3.48. The first kappa shape index (κ1) is 12.0. The molecule has 0 bridgehead atoms. The van der Waals surface area contributed by atoms with Gasteiger partial charge in [0.15, 0.2) is 0 Å². The fraction of sp³-hybridized carbons (Fsp3) is 1.00. The largest absolute Gasteiger partial charge is 0.216 e. The van der Waals surface area contributed by atoms with Crippen LogP contribution in [-0.2, 0) is 10.0 Å². The van der Waals surface area contributed by atoms with Crippen LogP contribution in [0.3, 0.4) is 0 Å². The molecule has 1 aliphatic rings. The lowest BCUT2D eigenvalue weighted by Crippen LogP contribution is -2.47. The molecule has 1 saturated heterocycles. The van der Waals surface area contributed by atoms with Gasteiger partial charge >= 0.3 is 0 Å². The molecule has 0 amide bonds. The molecule has 0 spiro atoms. The maximum absolute atomic E-state index is 12.0. The van der Waals surface area contributed by atoms with Crippen LogP contribution < -0.4 is 0 Å². The minimum absolute atomic E-state index is 0.179. The monoisotopic (exact) mass is 219 g/mol. The number of sulfonamides is 1. The highest BCUT2D eigenvalue weighted by molar-refractivity contribution is 7.89. The zero-order valence-corrected chi connectivity index (χ0v) is 10.3. The molecule has 1 fully saturated rings. The Labute approximate surface area is 87.5 Å². The van der Waals surface area contributed by atoms with Gasteiger partial charge in [-0.3, -0.25) is 0 Å². The zero-order chi connectivity index (χ0) is 10.9. The predicted molar refractivity (Wildman–Crippen MR) is 58.6 cm³/mol. The van der Waals surface area contributed by atoms with Gasteiger partial charge in [-0.15, -0.1) is 0 Å². The van der Waals surface area contributed by atoms with Gasteiger partial charge in [0.1, 0.15) is 0 Å². The highest BCUT2D eigenvalue weighted by Crippen LogP contribution is 2.25. The molecular weight excluding hydrogens is 198 g/mol. The second-order valence-electron chi connectivity index (χ2n) is 4.69. The molecule has 1 heterocycles. The van der Waals surface area contributed by atoms with E-state index in [-0.39, 0.29) is 11.3 Å². The number of piperidine rings is 1. The third kappa shape index (κ3) is 2.28. The summed E-state index contributed by atoms with van der Waals surface area (Å²) >= 11 is 0. The fourth-order valence-electron chi connectivity index (χ4n) is 1.87. The molecule has 1 aliphatic heterocycles. The van der Waals surface area contributed by atoms with Crippen molar-refractivity contribution in [2.45, 2.75) is 51.8 Å². The second-order valence-corrected chi connectivity index (χ2v) is 7.14. The van der Waals surface area contributed by atoms with Crippen molar-refractivity contribution in [1.82, 2.24) is 4.31 Å². The van der Waals surface area contributed by atoms with Gasteiger partial charge in [-0.1, -0.05) is 6.92 Å². The third-order valence-electron chi connectivity index (χ3n) is 2.98. The van der Waals surface area contributed by atoms with E-state index < -0.39 is 10.0 Å². The number of hydrogen-bond donors (Lipinski definition) is 0. The number of hydrogen-bond acceptors (Lipinski definition) is 2. The molecule has 0 aromatic carbocycles. The van der Waals surface area contributed by atoms with Crippen molar-refractivity contribution in [3.63, 3.8) is 0 Å². The Morgan fingerprint density at radius 2 is 1.79 bits per heavy atom. The summed E-state index contributed by atoms with van der Waals surface area (Å²) < 4.78 is 25.6. The standard InChI is InChI=1S/C10H21NO2S/c1-8(2)14(12,13)11-7-9(3)5-6-10(11)4/h8-10H,5-7H2,1-4H3. The van der Waals surface area contributed by atoms with Crippen LogP contribution in [0, 0.1) is 5.92 Å². The molecule has 0 aromatic heterocycles. The minimum atomic E-state index is -3.05. The van der Waals surface area contributed by atoms with Crippen molar-refractivity contribution in [2.24, 2.45) is 5.92 Å².